The Kier molecular flexibility index (Phi) is 10.5. The quantitative estimate of drug-likeness (QED) is 0.383. The lowest BCUT2D eigenvalue weighted by Gasteiger charge is -2.12. The van der Waals surface area contributed by atoms with Crippen LogP contribution in [-0.2, 0) is 16.3 Å². The number of ether oxygens (including phenoxy) is 1. The molecule has 0 saturated heterocycles. The highest BCUT2D eigenvalue weighted by molar-refractivity contribution is 7.79. The first-order chi connectivity index (χ1) is 11.1. The van der Waals surface area contributed by atoms with Gasteiger partial charge in [-0.3, -0.25) is 4.79 Å². The molecule has 4 heteroatoms. The molecule has 23 heavy (non-hydrogen) atoms. The molecule has 1 rings (SSSR count). The fraction of sp³-hybridized carbons (Fsp3) is 0.632. The second kappa shape index (κ2) is 11.9. The highest BCUT2D eigenvalue weighted by Crippen LogP contribution is 2.21. The summed E-state index contributed by atoms with van der Waals surface area (Å²) in [6.45, 7) is 4.82. The molecule has 0 N–H and O–H groups in total. The van der Waals surface area contributed by atoms with Crippen molar-refractivity contribution in [2.24, 2.45) is 5.92 Å². The number of thiol groups is 2. The summed E-state index contributed by atoms with van der Waals surface area (Å²) in [7, 11) is 0. The minimum Gasteiger partial charge on any atom is -0.494 e. The molecule has 2 nitrogen and oxygen atoms in total. The highest BCUT2D eigenvalue weighted by atomic mass is 32.1. The third kappa shape index (κ3) is 7.67. The van der Waals surface area contributed by atoms with Crippen molar-refractivity contribution in [2.75, 3.05) is 6.61 Å². The van der Waals surface area contributed by atoms with Gasteiger partial charge in [-0.25, -0.2) is 0 Å². The van der Waals surface area contributed by atoms with Crippen molar-refractivity contribution in [3.63, 3.8) is 0 Å². The Labute approximate surface area is 152 Å². The Morgan fingerprint density at radius 3 is 2.52 bits per heavy atom. The standard InChI is InChI=1S/C19H30O2S2/c1-3-4-5-7-15(2)19(20)8-6-11-21-18-10-9-16(13-22)17(12-18)14-23/h9-10,12,15,22-23H,3-8,11,13-14H2,1-2H3/t15-/m0/s1. The lowest BCUT2D eigenvalue weighted by atomic mass is 9.96. The molecule has 0 saturated carbocycles. The third-order valence-corrected chi connectivity index (χ3v) is 4.83. The second-order valence-electron chi connectivity index (χ2n) is 6.06. The molecule has 0 unspecified atom stereocenters. The van der Waals surface area contributed by atoms with Crippen molar-refractivity contribution in [1.29, 1.82) is 0 Å². The predicted molar refractivity (Wildman–Crippen MR) is 105 cm³/mol. The molecular formula is C19H30O2S2. The van der Waals surface area contributed by atoms with Crippen LogP contribution in [0.5, 0.6) is 5.75 Å². The number of hydrogen-bond donors (Lipinski definition) is 2. The van der Waals surface area contributed by atoms with E-state index in [1.165, 1.54) is 18.4 Å². The Balaban J connectivity index is 2.30. The van der Waals surface area contributed by atoms with E-state index in [1.807, 2.05) is 25.1 Å². The largest absolute Gasteiger partial charge is 0.494 e. The zero-order chi connectivity index (χ0) is 17.1. The van der Waals surface area contributed by atoms with Gasteiger partial charge < -0.3 is 4.74 Å². The molecule has 0 heterocycles. The van der Waals surface area contributed by atoms with Crippen molar-refractivity contribution in [3.05, 3.63) is 29.3 Å². The van der Waals surface area contributed by atoms with Gasteiger partial charge in [0.1, 0.15) is 11.5 Å². The first-order valence-electron chi connectivity index (χ1n) is 8.61. The normalized spacial score (nSPS) is 12.2. The van der Waals surface area contributed by atoms with E-state index < -0.39 is 0 Å². The summed E-state index contributed by atoms with van der Waals surface area (Å²) in [5.74, 6) is 2.79. The first kappa shape index (κ1) is 20.4. The fourth-order valence-electron chi connectivity index (χ4n) is 2.54. The van der Waals surface area contributed by atoms with E-state index in [0.717, 1.165) is 30.6 Å². The number of benzene rings is 1. The summed E-state index contributed by atoms with van der Waals surface area (Å²) in [6.07, 6.45) is 5.99. The van der Waals surface area contributed by atoms with Gasteiger partial charge >= 0.3 is 0 Å². The molecule has 0 aliphatic rings. The zero-order valence-corrected chi connectivity index (χ0v) is 16.2. The lowest BCUT2D eigenvalue weighted by Crippen LogP contribution is -2.12. The lowest BCUT2D eigenvalue weighted by molar-refractivity contribution is -0.122. The van der Waals surface area contributed by atoms with Gasteiger partial charge in [0.2, 0.25) is 0 Å². The highest BCUT2D eigenvalue weighted by Gasteiger charge is 2.12. The van der Waals surface area contributed by atoms with Gasteiger partial charge in [-0.05, 0) is 36.1 Å². The van der Waals surface area contributed by atoms with E-state index in [1.54, 1.807) is 0 Å². The number of unbranched alkanes of at least 4 members (excludes halogenated alkanes) is 2. The predicted octanol–water partition coefficient (Wildman–Crippen LogP) is 5.49. The molecule has 0 radical (unpaired) electrons. The van der Waals surface area contributed by atoms with Crippen LogP contribution in [0.1, 0.15) is 63.5 Å². The van der Waals surface area contributed by atoms with Gasteiger partial charge in [-0.2, -0.15) is 25.3 Å². The number of ketones is 1. The maximum atomic E-state index is 12.1. The van der Waals surface area contributed by atoms with Crippen LogP contribution in [0.15, 0.2) is 18.2 Å². The third-order valence-electron chi connectivity index (χ3n) is 4.14. The molecule has 0 aliphatic heterocycles. The Bertz CT molecular complexity index is 474. The molecule has 1 aromatic rings. The molecule has 130 valence electrons. The number of rotatable bonds is 12. The van der Waals surface area contributed by atoms with E-state index in [9.17, 15) is 4.79 Å². The van der Waals surface area contributed by atoms with Crippen molar-refractivity contribution in [3.8, 4) is 5.75 Å². The van der Waals surface area contributed by atoms with Gasteiger partial charge in [0, 0.05) is 23.8 Å². The van der Waals surface area contributed by atoms with E-state index in [2.05, 4.69) is 32.2 Å². The number of carbonyl (C=O) groups is 1. The maximum absolute atomic E-state index is 12.1. The van der Waals surface area contributed by atoms with E-state index in [-0.39, 0.29) is 5.92 Å². The number of hydrogen-bond acceptors (Lipinski definition) is 4. The van der Waals surface area contributed by atoms with Crippen LogP contribution in [0.3, 0.4) is 0 Å². The smallest absolute Gasteiger partial charge is 0.135 e. The molecule has 0 aliphatic carbocycles. The average Bonchev–Trinajstić information content (AvgIpc) is 2.58. The van der Waals surface area contributed by atoms with Crippen molar-refractivity contribution < 1.29 is 9.53 Å². The molecule has 0 bridgehead atoms. The first-order valence-corrected chi connectivity index (χ1v) is 9.87. The number of Topliss-reactive ketones (excluding diaryl/α,β-unsaturated/α-hetero) is 1. The van der Waals surface area contributed by atoms with E-state index >= 15 is 0 Å². The van der Waals surface area contributed by atoms with Crippen LogP contribution >= 0.6 is 25.3 Å². The summed E-state index contributed by atoms with van der Waals surface area (Å²) >= 11 is 8.65. The van der Waals surface area contributed by atoms with Crippen LogP contribution in [0.2, 0.25) is 0 Å². The summed E-state index contributed by atoms with van der Waals surface area (Å²) in [6, 6.07) is 6.02. The SMILES string of the molecule is CCCCC[C@H](C)C(=O)CCCOc1ccc(CS)c(CS)c1. The van der Waals surface area contributed by atoms with Gasteiger partial charge in [-0.1, -0.05) is 39.2 Å². The second-order valence-corrected chi connectivity index (χ2v) is 6.69. The maximum Gasteiger partial charge on any atom is 0.135 e. The average molecular weight is 355 g/mol. The van der Waals surface area contributed by atoms with Gasteiger partial charge in [0.15, 0.2) is 0 Å². The number of carbonyl (C=O) groups excluding carboxylic acids is 1. The summed E-state index contributed by atoms with van der Waals surface area (Å²) in [5, 5.41) is 0. The van der Waals surface area contributed by atoms with Crippen LogP contribution in [-0.4, -0.2) is 12.4 Å². The van der Waals surface area contributed by atoms with Crippen LogP contribution in [0, 0.1) is 5.92 Å². The molecule has 0 aromatic heterocycles. The van der Waals surface area contributed by atoms with Gasteiger partial charge in [0.25, 0.3) is 0 Å². The summed E-state index contributed by atoms with van der Waals surface area (Å²) in [4.78, 5) is 12.1. The van der Waals surface area contributed by atoms with Crippen molar-refractivity contribution in [2.45, 2.75) is 63.9 Å². The topological polar surface area (TPSA) is 26.3 Å². The molecule has 0 fully saturated rings. The zero-order valence-electron chi connectivity index (χ0n) is 14.4. The van der Waals surface area contributed by atoms with Crippen molar-refractivity contribution >= 4 is 31.0 Å². The van der Waals surface area contributed by atoms with Crippen LogP contribution in [0.25, 0.3) is 0 Å². The van der Waals surface area contributed by atoms with Gasteiger partial charge in [-0.15, -0.1) is 0 Å². The van der Waals surface area contributed by atoms with E-state index in [0.29, 0.717) is 30.3 Å². The van der Waals surface area contributed by atoms with Crippen LogP contribution in [0.4, 0.5) is 0 Å². The minimum atomic E-state index is 0.187. The minimum absolute atomic E-state index is 0.187. The fourth-order valence-corrected chi connectivity index (χ4v) is 3.14. The summed E-state index contributed by atoms with van der Waals surface area (Å²) < 4.78 is 5.77. The van der Waals surface area contributed by atoms with Gasteiger partial charge in [0.05, 0.1) is 6.61 Å². The van der Waals surface area contributed by atoms with Crippen molar-refractivity contribution in [1.82, 2.24) is 0 Å². The Hall–Kier alpha value is -0.610. The Morgan fingerprint density at radius 2 is 1.87 bits per heavy atom. The molecular weight excluding hydrogens is 324 g/mol. The molecule has 1 atom stereocenters. The monoisotopic (exact) mass is 354 g/mol. The molecule has 1 aromatic carbocycles. The van der Waals surface area contributed by atoms with E-state index in [4.69, 9.17) is 4.74 Å². The molecule has 0 spiro atoms. The molecule has 0 amide bonds. The Morgan fingerprint density at radius 1 is 1.13 bits per heavy atom. The summed E-state index contributed by atoms with van der Waals surface area (Å²) in [5.41, 5.74) is 2.34. The van der Waals surface area contributed by atoms with Crippen LogP contribution < -0.4 is 4.74 Å².